The molecule has 1 aromatic heterocycles. The number of carbonyl (C=O) groups is 2. The first-order chi connectivity index (χ1) is 12.8. The number of carboxylic acid groups (broad SMARTS) is 1. The second kappa shape index (κ2) is 8.04. The van der Waals surface area contributed by atoms with Gasteiger partial charge in [-0.25, -0.2) is 0 Å². The lowest BCUT2D eigenvalue weighted by Crippen LogP contribution is -2.38. The fourth-order valence-electron chi connectivity index (χ4n) is 3.19. The Morgan fingerprint density at radius 3 is 2.56 bits per heavy atom. The highest BCUT2D eigenvalue weighted by Gasteiger charge is 2.27. The third-order valence-corrected chi connectivity index (χ3v) is 4.92. The number of ether oxygens (including phenoxy) is 1. The number of carboxylic acids is 1. The van der Waals surface area contributed by atoms with Crippen molar-refractivity contribution < 1.29 is 28.2 Å². The fraction of sp³-hybridized carbons (Fsp3) is 0.389. The summed E-state index contributed by atoms with van der Waals surface area (Å²) < 4.78 is 29.1. The van der Waals surface area contributed by atoms with Gasteiger partial charge in [-0.05, 0) is 37.8 Å². The minimum absolute atomic E-state index is 0.00542. The summed E-state index contributed by atoms with van der Waals surface area (Å²) in [6, 6.07) is 4.18. The van der Waals surface area contributed by atoms with Crippen molar-refractivity contribution in [3.8, 4) is 5.75 Å². The molecule has 0 unspecified atom stereocenters. The van der Waals surface area contributed by atoms with Gasteiger partial charge in [-0.2, -0.15) is 8.78 Å². The monoisotopic (exact) mass is 398 g/mol. The Hall–Kier alpha value is -2.48. The van der Waals surface area contributed by atoms with Gasteiger partial charge in [0.1, 0.15) is 5.75 Å². The molecule has 1 aliphatic carbocycles. The summed E-state index contributed by atoms with van der Waals surface area (Å²) in [6.45, 7) is -3.00. The molecule has 1 amide bonds. The summed E-state index contributed by atoms with van der Waals surface area (Å²) in [5.41, 5.74) is 0.676. The molecule has 0 saturated heterocycles. The molecule has 27 heavy (non-hydrogen) atoms. The lowest BCUT2D eigenvalue weighted by atomic mass is 9.86. The van der Waals surface area contributed by atoms with Gasteiger partial charge in [-0.1, -0.05) is 11.6 Å². The van der Waals surface area contributed by atoms with Crippen molar-refractivity contribution in [1.82, 2.24) is 10.3 Å². The number of alkyl halides is 2. The van der Waals surface area contributed by atoms with Gasteiger partial charge in [0.15, 0.2) is 0 Å². The average molecular weight is 399 g/mol. The minimum Gasteiger partial charge on any atom is -0.481 e. The summed E-state index contributed by atoms with van der Waals surface area (Å²) in [6.07, 6.45) is 3.60. The van der Waals surface area contributed by atoms with E-state index in [0.29, 0.717) is 42.1 Å². The number of hydrogen-bond donors (Lipinski definition) is 2. The Labute approximate surface area is 158 Å². The summed E-state index contributed by atoms with van der Waals surface area (Å²) in [7, 11) is 0. The lowest BCUT2D eigenvalue weighted by Gasteiger charge is -2.26. The molecule has 0 bridgehead atoms. The molecule has 1 heterocycles. The molecule has 0 atom stereocenters. The maximum Gasteiger partial charge on any atom is 0.387 e. The van der Waals surface area contributed by atoms with Gasteiger partial charge < -0.3 is 15.2 Å². The summed E-state index contributed by atoms with van der Waals surface area (Å²) in [5, 5.41) is 12.4. The minimum atomic E-state index is -3.00. The van der Waals surface area contributed by atoms with E-state index in [2.05, 4.69) is 15.0 Å². The number of halogens is 3. The predicted molar refractivity (Wildman–Crippen MR) is 94.2 cm³/mol. The van der Waals surface area contributed by atoms with E-state index in [0.717, 1.165) is 0 Å². The maximum absolute atomic E-state index is 12.4. The molecule has 1 aliphatic rings. The van der Waals surface area contributed by atoms with E-state index in [-0.39, 0.29) is 28.6 Å². The van der Waals surface area contributed by atoms with Crippen molar-refractivity contribution in [2.24, 2.45) is 5.92 Å². The van der Waals surface area contributed by atoms with Gasteiger partial charge >= 0.3 is 12.6 Å². The van der Waals surface area contributed by atoms with Crippen LogP contribution in [-0.4, -0.2) is 34.6 Å². The molecular weight excluding hydrogens is 382 g/mol. The number of benzene rings is 1. The molecule has 6 nitrogen and oxygen atoms in total. The van der Waals surface area contributed by atoms with Gasteiger partial charge in [0.2, 0.25) is 0 Å². The van der Waals surface area contributed by atoms with E-state index in [1.165, 1.54) is 18.3 Å². The number of fused-ring (bicyclic) bond motifs is 1. The Morgan fingerprint density at radius 2 is 1.93 bits per heavy atom. The SMILES string of the molecule is O=C(NC1CCC(C(=O)O)CC1)c1cnc2cc(OC(F)F)c(Cl)cc2c1. The van der Waals surface area contributed by atoms with Crippen LogP contribution in [0.25, 0.3) is 10.9 Å². The number of nitrogens with one attached hydrogen (secondary N) is 1. The number of nitrogens with zero attached hydrogens (tertiary/aromatic N) is 1. The summed E-state index contributed by atoms with van der Waals surface area (Å²) in [5.74, 6) is -1.66. The first-order valence-corrected chi connectivity index (χ1v) is 8.79. The van der Waals surface area contributed by atoms with Crippen LogP contribution in [-0.2, 0) is 4.79 Å². The zero-order chi connectivity index (χ0) is 19.6. The van der Waals surface area contributed by atoms with E-state index in [4.69, 9.17) is 16.7 Å². The van der Waals surface area contributed by atoms with Crippen LogP contribution in [0.3, 0.4) is 0 Å². The number of pyridine rings is 1. The molecule has 1 fully saturated rings. The molecule has 1 saturated carbocycles. The van der Waals surface area contributed by atoms with Gasteiger partial charge in [0.05, 0.1) is 22.0 Å². The third kappa shape index (κ3) is 4.63. The normalized spacial score (nSPS) is 19.9. The van der Waals surface area contributed by atoms with Crippen LogP contribution in [0.1, 0.15) is 36.0 Å². The van der Waals surface area contributed by atoms with Crippen LogP contribution in [0, 0.1) is 5.92 Å². The molecule has 2 aromatic rings. The van der Waals surface area contributed by atoms with E-state index < -0.39 is 12.6 Å². The highest BCUT2D eigenvalue weighted by molar-refractivity contribution is 6.32. The smallest absolute Gasteiger partial charge is 0.387 e. The van der Waals surface area contributed by atoms with E-state index in [9.17, 15) is 18.4 Å². The molecule has 144 valence electrons. The summed E-state index contributed by atoms with van der Waals surface area (Å²) >= 11 is 5.94. The van der Waals surface area contributed by atoms with Crippen LogP contribution in [0.2, 0.25) is 5.02 Å². The molecule has 9 heteroatoms. The van der Waals surface area contributed by atoms with Crippen LogP contribution in [0.5, 0.6) is 5.75 Å². The molecule has 1 aromatic carbocycles. The fourth-order valence-corrected chi connectivity index (χ4v) is 3.41. The Morgan fingerprint density at radius 1 is 1.22 bits per heavy atom. The van der Waals surface area contributed by atoms with Crippen LogP contribution < -0.4 is 10.1 Å². The molecule has 0 aliphatic heterocycles. The molecule has 3 rings (SSSR count). The second-order valence-electron chi connectivity index (χ2n) is 6.44. The zero-order valence-corrected chi connectivity index (χ0v) is 14.9. The second-order valence-corrected chi connectivity index (χ2v) is 6.85. The summed E-state index contributed by atoms with van der Waals surface area (Å²) in [4.78, 5) is 27.5. The van der Waals surface area contributed by atoms with Crippen molar-refractivity contribution in [2.45, 2.75) is 38.3 Å². The highest BCUT2D eigenvalue weighted by Crippen LogP contribution is 2.31. The Balaban J connectivity index is 1.71. The molecular formula is C18H17ClF2N2O4. The maximum atomic E-state index is 12.4. The molecule has 0 spiro atoms. The van der Waals surface area contributed by atoms with Gasteiger partial charge in [0.25, 0.3) is 5.91 Å². The zero-order valence-electron chi connectivity index (χ0n) is 14.1. The van der Waals surface area contributed by atoms with Gasteiger partial charge in [-0.3, -0.25) is 14.6 Å². The van der Waals surface area contributed by atoms with Crippen molar-refractivity contribution in [3.05, 3.63) is 35.0 Å². The first kappa shape index (κ1) is 19.3. The number of rotatable bonds is 5. The van der Waals surface area contributed by atoms with Gasteiger partial charge in [-0.15, -0.1) is 0 Å². The topological polar surface area (TPSA) is 88.5 Å². The third-order valence-electron chi connectivity index (χ3n) is 4.62. The number of carbonyl (C=O) groups excluding carboxylic acids is 1. The van der Waals surface area contributed by atoms with E-state index in [1.54, 1.807) is 6.07 Å². The van der Waals surface area contributed by atoms with E-state index >= 15 is 0 Å². The Kier molecular flexibility index (Phi) is 5.74. The number of amides is 1. The van der Waals surface area contributed by atoms with Crippen molar-refractivity contribution in [1.29, 1.82) is 0 Å². The first-order valence-electron chi connectivity index (χ1n) is 8.41. The molecule has 0 radical (unpaired) electrons. The van der Waals surface area contributed by atoms with Crippen molar-refractivity contribution in [2.75, 3.05) is 0 Å². The molecule has 2 N–H and O–H groups in total. The predicted octanol–water partition coefficient (Wildman–Crippen LogP) is 3.86. The van der Waals surface area contributed by atoms with Crippen LogP contribution in [0.4, 0.5) is 8.78 Å². The quantitative estimate of drug-likeness (QED) is 0.798. The highest BCUT2D eigenvalue weighted by atomic mass is 35.5. The van der Waals surface area contributed by atoms with Gasteiger partial charge in [0, 0.05) is 23.7 Å². The van der Waals surface area contributed by atoms with Crippen LogP contribution >= 0.6 is 11.6 Å². The number of aromatic nitrogens is 1. The van der Waals surface area contributed by atoms with Crippen LogP contribution in [0.15, 0.2) is 24.4 Å². The van der Waals surface area contributed by atoms with Crippen molar-refractivity contribution >= 4 is 34.4 Å². The van der Waals surface area contributed by atoms with E-state index in [1.807, 2.05) is 0 Å². The van der Waals surface area contributed by atoms with Crippen molar-refractivity contribution in [3.63, 3.8) is 0 Å². The average Bonchev–Trinajstić information content (AvgIpc) is 2.62. The number of aliphatic carboxylic acids is 1. The number of hydrogen-bond acceptors (Lipinski definition) is 4. The largest absolute Gasteiger partial charge is 0.481 e. The standard InChI is InChI=1S/C18H17ClF2N2O4/c19-13-6-10-5-11(8-22-14(10)7-15(13)27-18(20)21)16(24)23-12-3-1-9(2-4-12)17(25)26/h5-9,12,18H,1-4H2,(H,23,24)(H,25,26). The lowest BCUT2D eigenvalue weighted by molar-refractivity contribution is -0.142. The Bertz CT molecular complexity index is 870.